The molecule has 0 amide bonds. The van der Waals surface area contributed by atoms with Crippen molar-refractivity contribution in [2.45, 2.75) is 46.0 Å². The molecule has 0 fully saturated rings. The van der Waals surface area contributed by atoms with Gasteiger partial charge in [0, 0.05) is 24.3 Å². The molecule has 3 aliphatic rings. The van der Waals surface area contributed by atoms with Crippen molar-refractivity contribution in [2.24, 2.45) is 23.0 Å². The molecule has 22 heavy (non-hydrogen) atoms. The van der Waals surface area contributed by atoms with Crippen molar-refractivity contribution < 1.29 is 9.53 Å². The van der Waals surface area contributed by atoms with Crippen LogP contribution < -0.4 is 5.73 Å². The smallest absolute Gasteiger partial charge is 0.204 e. The molecule has 0 saturated carbocycles. The van der Waals surface area contributed by atoms with E-state index in [9.17, 15) is 10.1 Å². The summed E-state index contributed by atoms with van der Waals surface area (Å²) in [5.74, 6) is 0.905. The number of allylic oxidation sites excluding steroid dienone is 5. The van der Waals surface area contributed by atoms with E-state index in [4.69, 9.17) is 10.5 Å². The summed E-state index contributed by atoms with van der Waals surface area (Å²) in [5.41, 5.74) is 6.99. The normalized spacial score (nSPS) is 30.7. The number of hydrogen-bond acceptors (Lipinski definition) is 4. The maximum absolute atomic E-state index is 12.7. The third kappa shape index (κ3) is 2.45. The monoisotopic (exact) mass is 298 g/mol. The number of carbonyl (C=O) groups excluding carboxylic acids is 1. The van der Waals surface area contributed by atoms with Gasteiger partial charge in [-0.2, -0.15) is 5.26 Å². The summed E-state index contributed by atoms with van der Waals surface area (Å²) in [7, 11) is 0. The van der Waals surface area contributed by atoms with E-state index < -0.39 is 0 Å². The zero-order chi connectivity index (χ0) is 15.9. The summed E-state index contributed by atoms with van der Waals surface area (Å²) in [6.07, 6.45) is 8.61. The SMILES string of the molecule is CC1(C)CC(=O)C2=C(C1)OC(N)=C(C#N)[C@@H]2[C@@H]1C=CCCC1. The Kier molecular flexibility index (Phi) is 3.60. The Morgan fingerprint density at radius 1 is 1.41 bits per heavy atom. The second kappa shape index (κ2) is 5.31. The van der Waals surface area contributed by atoms with E-state index in [0.29, 0.717) is 29.7 Å². The Morgan fingerprint density at radius 2 is 2.18 bits per heavy atom. The molecule has 0 radical (unpaired) electrons. The van der Waals surface area contributed by atoms with Crippen molar-refractivity contribution in [3.63, 3.8) is 0 Å². The van der Waals surface area contributed by atoms with Crippen LogP contribution >= 0.6 is 0 Å². The predicted octanol–water partition coefficient (Wildman–Crippen LogP) is 3.33. The zero-order valence-corrected chi connectivity index (χ0v) is 13.2. The minimum absolute atomic E-state index is 0.107. The maximum Gasteiger partial charge on any atom is 0.204 e. The topological polar surface area (TPSA) is 76.1 Å². The van der Waals surface area contributed by atoms with E-state index in [0.717, 1.165) is 19.3 Å². The van der Waals surface area contributed by atoms with Gasteiger partial charge in [0.15, 0.2) is 5.78 Å². The standard InChI is InChI=1S/C18H22N2O2/c1-18(2)8-13(21)16-14(9-18)22-17(20)12(10-19)15(16)11-6-4-3-5-7-11/h4,6,11,15H,3,5,7-9,20H2,1-2H3/t11-,15+/m1/s1. The highest BCUT2D eigenvalue weighted by Crippen LogP contribution is 2.47. The lowest BCUT2D eigenvalue weighted by molar-refractivity contribution is -0.119. The maximum atomic E-state index is 12.7. The van der Waals surface area contributed by atoms with Crippen LogP contribution in [0.3, 0.4) is 0 Å². The Hall–Kier alpha value is -2.02. The molecule has 0 aromatic heterocycles. The number of ether oxygens (including phenoxy) is 1. The predicted molar refractivity (Wildman–Crippen MR) is 82.9 cm³/mol. The van der Waals surface area contributed by atoms with E-state index in [2.05, 4.69) is 32.1 Å². The van der Waals surface area contributed by atoms with Crippen molar-refractivity contribution in [1.29, 1.82) is 5.26 Å². The van der Waals surface area contributed by atoms with Gasteiger partial charge < -0.3 is 10.5 Å². The largest absolute Gasteiger partial charge is 0.444 e. The minimum atomic E-state index is -0.228. The Morgan fingerprint density at radius 3 is 2.82 bits per heavy atom. The lowest BCUT2D eigenvalue weighted by Gasteiger charge is -2.39. The lowest BCUT2D eigenvalue weighted by atomic mass is 9.67. The van der Waals surface area contributed by atoms with Gasteiger partial charge in [-0.3, -0.25) is 4.79 Å². The average molecular weight is 298 g/mol. The molecule has 4 heteroatoms. The third-order valence-electron chi connectivity index (χ3n) is 4.84. The van der Waals surface area contributed by atoms with Crippen molar-refractivity contribution >= 4 is 5.78 Å². The number of rotatable bonds is 1. The molecule has 116 valence electrons. The van der Waals surface area contributed by atoms with E-state index in [1.165, 1.54) is 0 Å². The zero-order valence-electron chi connectivity index (χ0n) is 13.2. The van der Waals surface area contributed by atoms with Gasteiger partial charge in [-0.15, -0.1) is 0 Å². The molecular formula is C18H22N2O2. The Labute approximate surface area is 131 Å². The van der Waals surface area contributed by atoms with Crippen LogP contribution in [0, 0.1) is 28.6 Å². The molecule has 0 aromatic rings. The molecular weight excluding hydrogens is 276 g/mol. The number of nitrogens with two attached hydrogens (primary N) is 1. The second-order valence-corrected chi connectivity index (χ2v) is 7.27. The van der Waals surface area contributed by atoms with Crippen LogP contribution in [-0.2, 0) is 9.53 Å². The summed E-state index contributed by atoms with van der Waals surface area (Å²) < 4.78 is 5.69. The molecule has 2 atom stereocenters. The number of carbonyl (C=O) groups is 1. The molecule has 0 spiro atoms. The van der Waals surface area contributed by atoms with Gasteiger partial charge in [0.2, 0.25) is 5.88 Å². The van der Waals surface area contributed by atoms with E-state index in [1.54, 1.807) is 0 Å². The first kappa shape index (κ1) is 14.9. The molecule has 2 aliphatic carbocycles. The highest BCUT2D eigenvalue weighted by atomic mass is 16.5. The van der Waals surface area contributed by atoms with Crippen molar-refractivity contribution in [2.75, 3.05) is 0 Å². The molecule has 0 saturated heterocycles. The first-order valence-corrected chi connectivity index (χ1v) is 7.93. The van der Waals surface area contributed by atoms with Gasteiger partial charge >= 0.3 is 0 Å². The fourth-order valence-corrected chi connectivity index (χ4v) is 3.87. The summed E-state index contributed by atoms with van der Waals surface area (Å²) in [4.78, 5) is 12.7. The molecule has 4 nitrogen and oxygen atoms in total. The van der Waals surface area contributed by atoms with E-state index in [1.807, 2.05) is 0 Å². The summed E-state index contributed by atoms with van der Waals surface area (Å²) in [5, 5.41) is 9.52. The second-order valence-electron chi connectivity index (χ2n) is 7.27. The Balaban J connectivity index is 2.09. The van der Waals surface area contributed by atoms with Crippen LogP contribution in [0.5, 0.6) is 0 Å². The van der Waals surface area contributed by atoms with Crippen molar-refractivity contribution in [3.05, 3.63) is 34.9 Å². The molecule has 0 aromatic carbocycles. The van der Waals surface area contributed by atoms with Crippen LogP contribution in [-0.4, -0.2) is 5.78 Å². The molecule has 2 N–H and O–H groups in total. The number of nitrogens with zero attached hydrogens (tertiary/aromatic N) is 1. The molecule has 3 rings (SSSR count). The van der Waals surface area contributed by atoms with E-state index in [-0.39, 0.29) is 28.9 Å². The van der Waals surface area contributed by atoms with Crippen LogP contribution in [0.4, 0.5) is 0 Å². The fourth-order valence-electron chi connectivity index (χ4n) is 3.87. The van der Waals surface area contributed by atoms with Crippen molar-refractivity contribution in [3.8, 4) is 6.07 Å². The first-order valence-electron chi connectivity index (χ1n) is 7.93. The number of hydrogen-bond donors (Lipinski definition) is 1. The molecule has 1 aliphatic heterocycles. The van der Waals surface area contributed by atoms with E-state index >= 15 is 0 Å². The third-order valence-corrected chi connectivity index (χ3v) is 4.84. The number of Topliss-reactive ketones (excluding diaryl/α,β-unsaturated/α-hetero) is 1. The van der Waals surface area contributed by atoms with Gasteiger partial charge in [0.25, 0.3) is 0 Å². The lowest BCUT2D eigenvalue weighted by Crippen LogP contribution is -2.36. The summed E-state index contributed by atoms with van der Waals surface area (Å²) >= 11 is 0. The highest BCUT2D eigenvalue weighted by molar-refractivity contribution is 5.98. The molecule has 1 heterocycles. The highest BCUT2D eigenvalue weighted by Gasteiger charge is 2.44. The van der Waals surface area contributed by atoms with Crippen LogP contribution in [0.1, 0.15) is 46.0 Å². The van der Waals surface area contributed by atoms with Crippen LogP contribution in [0.2, 0.25) is 0 Å². The van der Waals surface area contributed by atoms with Gasteiger partial charge in [0.1, 0.15) is 11.8 Å². The van der Waals surface area contributed by atoms with Gasteiger partial charge in [-0.05, 0) is 30.6 Å². The van der Waals surface area contributed by atoms with Crippen molar-refractivity contribution in [1.82, 2.24) is 0 Å². The quantitative estimate of drug-likeness (QED) is 0.753. The molecule has 0 unspecified atom stereocenters. The van der Waals surface area contributed by atoms with Crippen LogP contribution in [0.15, 0.2) is 34.9 Å². The van der Waals surface area contributed by atoms with Crippen LogP contribution in [0.25, 0.3) is 0 Å². The van der Waals surface area contributed by atoms with Gasteiger partial charge in [0.05, 0.1) is 5.57 Å². The summed E-state index contributed by atoms with van der Waals surface area (Å²) in [6.45, 7) is 4.13. The molecule has 0 bridgehead atoms. The number of nitriles is 1. The summed E-state index contributed by atoms with van der Waals surface area (Å²) in [6, 6.07) is 2.18. The Bertz CT molecular complexity index is 646. The van der Waals surface area contributed by atoms with Gasteiger partial charge in [-0.1, -0.05) is 26.0 Å². The van der Waals surface area contributed by atoms with Gasteiger partial charge in [-0.25, -0.2) is 0 Å². The number of ketones is 1. The first-order chi connectivity index (χ1) is 10.4. The fraction of sp³-hybridized carbons (Fsp3) is 0.556. The average Bonchev–Trinajstić information content (AvgIpc) is 2.45. The minimum Gasteiger partial charge on any atom is -0.444 e.